The number of rotatable bonds is 3. The van der Waals surface area contributed by atoms with Crippen LogP contribution >= 0.6 is 11.6 Å². The van der Waals surface area contributed by atoms with Crippen molar-refractivity contribution in [1.82, 2.24) is 14.8 Å². The molecule has 9 heteroatoms. The summed E-state index contributed by atoms with van der Waals surface area (Å²) in [5.41, 5.74) is 0.659. The second kappa shape index (κ2) is 5.59. The van der Waals surface area contributed by atoms with E-state index in [4.69, 9.17) is 16.3 Å². The van der Waals surface area contributed by atoms with E-state index >= 15 is 0 Å². The maximum atomic E-state index is 13.2. The Morgan fingerprint density at radius 1 is 1.19 bits per heavy atom. The first kappa shape index (κ1) is 15.9. The van der Waals surface area contributed by atoms with Gasteiger partial charge in [0.2, 0.25) is 11.8 Å². The molecule has 134 valence electrons. The third-order valence-electron chi connectivity index (χ3n) is 5.36. The van der Waals surface area contributed by atoms with E-state index in [1.165, 1.54) is 23.1 Å². The van der Waals surface area contributed by atoms with Crippen molar-refractivity contribution in [1.29, 1.82) is 0 Å². The molecule has 5 rings (SSSR count). The largest absolute Gasteiger partial charge is 0.373 e. The minimum absolute atomic E-state index is 0.0621. The van der Waals surface area contributed by atoms with Crippen molar-refractivity contribution in [2.45, 2.75) is 31.6 Å². The van der Waals surface area contributed by atoms with Gasteiger partial charge in [-0.25, -0.2) is 14.0 Å². The first-order valence-electron chi connectivity index (χ1n) is 8.39. The number of hydrogen-bond acceptors (Lipinski definition) is 5. The molecule has 0 saturated carbocycles. The molecule has 2 amide bonds. The zero-order valence-corrected chi connectivity index (χ0v) is 14.3. The van der Waals surface area contributed by atoms with Gasteiger partial charge in [0.05, 0.1) is 30.6 Å². The number of hydrogen-bond donors (Lipinski definition) is 0. The number of nitrogens with zero attached hydrogens (tertiary/aromatic N) is 4. The van der Waals surface area contributed by atoms with Gasteiger partial charge in [0, 0.05) is 5.02 Å². The maximum Gasteiger partial charge on any atom is 0.258 e. The molecular formula is C17H14ClFN4O3. The van der Waals surface area contributed by atoms with Gasteiger partial charge in [0.1, 0.15) is 12.1 Å². The van der Waals surface area contributed by atoms with Crippen molar-refractivity contribution in [3.05, 3.63) is 40.9 Å². The Bertz CT molecular complexity index is 904. The van der Waals surface area contributed by atoms with E-state index in [1.807, 2.05) is 0 Å². The van der Waals surface area contributed by atoms with Crippen molar-refractivity contribution in [2.75, 3.05) is 4.90 Å². The van der Waals surface area contributed by atoms with Crippen LogP contribution in [0.5, 0.6) is 0 Å². The van der Waals surface area contributed by atoms with Crippen LogP contribution in [0.2, 0.25) is 5.02 Å². The van der Waals surface area contributed by atoms with Gasteiger partial charge < -0.3 is 4.74 Å². The fraction of sp³-hybridized carbons (Fsp3) is 0.412. The molecule has 0 radical (unpaired) electrons. The SMILES string of the molecule is O=C1[C@@H]2[C@H](C(=O)N1c1ncn(Cc3ccc(F)cc3Cl)n1)[C@H]1CC[C@@H]2O1. The van der Waals surface area contributed by atoms with E-state index in [0.717, 1.165) is 17.7 Å². The van der Waals surface area contributed by atoms with Crippen LogP contribution in [0.15, 0.2) is 24.5 Å². The average molecular weight is 377 g/mol. The summed E-state index contributed by atoms with van der Waals surface area (Å²) in [6.45, 7) is 0.254. The predicted octanol–water partition coefficient (Wildman–Crippen LogP) is 1.79. The molecule has 0 unspecified atom stereocenters. The standard InChI is InChI=1S/C17H14ClFN4O3/c18-10-5-9(19)2-1-8(10)6-22-7-20-17(21-22)23-15(24)13-11-3-4-12(26-11)14(13)16(23)25/h1-2,5,7,11-14H,3-4,6H2/t11-,12+,13-,14+. The Hall–Kier alpha value is -2.32. The van der Waals surface area contributed by atoms with Gasteiger partial charge in [0.25, 0.3) is 5.95 Å². The van der Waals surface area contributed by atoms with Crippen molar-refractivity contribution >= 4 is 29.4 Å². The number of anilines is 1. The topological polar surface area (TPSA) is 77.3 Å². The van der Waals surface area contributed by atoms with Crippen LogP contribution < -0.4 is 4.90 Å². The van der Waals surface area contributed by atoms with E-state index < -0.39 is 17.7 Å². The third-order valence-corrected chi connectivity index (χ3v) is 5.71. The number of imide groups is 1. The van der Waals surface area contributed by atoms with E-state index in [0.29, 0.717) is 5.56 Å². The van der Waals surface area contributed by atoms with Crippen LogP contribution in [0.25, 0.3) is 0 Å². The van der Waals surface area contributed by atoms with Crippen LogP contribution in [0.3, 0.4) is 0 Å². The van der Waals surface area contributed by atoms with Gasteiger partial charge in [-0.3, -0.25) is 9.59 Å². The van der Waals surface area contributed by atoms with E-state index in [9.17, 15) is 14.0 Å². The smallest absolute Gasteiger partial charge is 0.258 e. The van der Waals surface area contributed by atoms with Crippen LogP contribution in [-0.4, -0.2) is 38.8 Å². The first-order valence-corrected chi connectivity index (χ1v) is 8.77. The number of fused-ring (bicyclic) bond motifs is 5. The van der Waals surface area contributed by atoms with E-state index in [1.54, 1.807) is 6.07 Å². The van der Waals surface area contributed by atoms with Crippen molar-refractivity contribution in [3.63, 3.8) is 0 Å². The molecule has 1 aromatic heterocycles. The van der Waals surface area contributed by atoms with Gasteiger partial charge >= 0.3 is 0 Å². The van der Waals surface area contributed by atoms with Gasteiger partial charge in [-0.2, -0.15) is 4.98 Å². The summed E-state index contributed by atoms with van der Waals surface area (Å²) in [4.78, 5) is 30.6. The lowest BCUT2D eigenvalue weighted by Crippen LogP contribution is -2.35. The van der Waals surface area contributed by atoms with Gasteiger partial charge in [-0.1, -0.05) is 17.7 Å². The quantitative estimate of drug-likeness (QED) is 0.763. The summed E-state index contributed by atoms with van der Waals surface area (Å²) in [7, 11) is 0. The molecule has 26 heavy (non-hydrogen) atoms. The molecule has 2 aromatic rings. The first-order chi connectivity index (χ1) is 12.5. The molecule has 0 spiro atoms. The molecule has 4 atom stereocenters. The Labute approximate surface area is 152 Å². The maximum absolute atomic E-state index is 13.2. The minimum Gasteiger partial charge on any atom is -0.373 e. The normalized spacial score (nSPS) is 29.7. The summed E-state index contributed by atoms with van der Waals surface area (Å²) in [5.74, 6) is -1.77. The Morgan fingerprint density at radius 3 is 2.54 bits per heavy atom. The minimum atomic E-state index is -0.422. The number of ether oxygens (including phenoxy) is 1. The highest BCUT2D eigenvalue weighted by Crippen LogP contribution is 2.48. The lowest BCUT2D eigenvalue weighted by Gasteiger charge is -2.14. The van der Waals surface area contributed by atoms with Crippen LogP contribution in [0, 0.1) is 17.7 Å². The zero-order chi connectivity index (χ0) is 18.0. The molecule has 3 aliphatic heterocycles. The lowest BCUT2D eigenvalue weighted by molar-refractivity contribution is -0.124. The van der Waals surface area contributed by atoms with Crippen LogP contribution in [0.1, 0.15) is 18.4 Å². The molecule has 0 N–H and O–H groups in total. The van der Waals surface area contributed by atoms with E-state index in [-0.39, 0.29) is 41.5 Å². The molecule has 3 aliphatic rings. The number of carbonyl (C=O) groups is 2. The molecule has 4 heterocycles. The van der Waals surface area contributed by atoms with Crippen LogP contribution in [-0.2, 0) is 20.9 Å². The molecule has 3 fully saturated rings. The van der Waals surface area contributed by atoms with Crippen molar-refractivity contribution in [3.8, 4) is 0 Å². The summed E-state index contributed by atoms with van der Waals surface area (Å²) in [6.07, 6.45) is 2.69. The summed E-state index contributed by atoms with van der Waals surface area (Å²) in [6, 6.07) is 4.09. The van der Waals surface area contributed by atoms with Gasteiger partial charge in [-0.15, -0.1) is 5.10 Å². The summed E-state index contributed by atoms with van der Waals surface area (Å²) < 4.78 is 20.3. The Kier molecular flexibility index (Phi) is 3.42. The fourth-order valence-electron chi connectivity index (χ4n) is 4.20. The second-order valence-electron chi connectivity index (χ2n) is 6.83. The fourth-order valence-corrected chi connectivity index (χ4v) is 4.42. The predicted molar refractivity (Wildman–Crippen MR) is 87.9 cm³/mol. The molecular weight excluding hydrogens is 363 g/mol. The van der Waals surface area contributed by atoms with Crippen molar-refractivity contribution < 1.29 is 18.7 Å². The highest BCUT2D eigenvalue weighted by atomic mass is 35.5. The van der Waals surface area contributed by atoms with Gasteiger partial charge in [-0.05, 0) is 30.5 Å². The monoisotopic (exact) mass is 376 g/mol. The zero-order valence-electron chi connectivity index (χ0n) is 13.5. The molecule has 3 saturated heterocycles. The number of benzene rings is 1. The number of amides is 2. The molecule has 7 nitrogen and oxygen atoms in total. The second-order valence-corrected chi connectivity index (χ2v) is 7.24. The number of carbonyl (C=O) groups excluding carboxylic acids is 2. The molecule has 1 aromatic carbocycles. The van der Waals surface area contributed by atoms with Crippen LogP contribution in [0.4, 0.5) is 10.3 Å². The number of halogens is 2. The van der Waals surface area contributed by atoms with Gasteiger partial charge in [0.15, 0.2) is 0 Å². The summed E-state index contributed by atoms with van der Waals surface area (Å²) >= 11 is 6.03. The van der Waals surface area contributed by atoms with E-state index in [2.05, 4.69) is 10.1 Å². The Balaban J connectivity index is 1.40. The van der Waals surface area contributed by atoms with Crippen molar-refractivity contribution in [2.24, 2.45) is 11.8 Å². The summed E-state index contributed by atoms with van der Waals surface area (Å²) in [5, 5.41) is 4.52. The highest BCUT2D eigenvalue weighted by molar-refractivity contribution is 6.31. The highest BCUT2D eigenvalue weighted by Gasteiger charge is 2.63. The third kappa shape index (κ3) is 2.22. The lowest BCUT2D eigenvalue weighted by atomic mass is 9.81. The number of aromatic nitrogens is 3. The average Bonchev–Trinajstić information content (AvgIpc) is 3.35. The molecule has 2 bridgehead atoms. The Morgan fingerprint density at radius 2 is 1.88 bits per heavy atom. The molecule has 0 aliphatic carbocycles.